The van der Waals surface area contributed by atoms with Gasteiger partial charge in [0.25, 0.3) is 0 Å². The van der Waals surface area contributed by atoms with Gasteiger partial charge in [-0.05, 0) is 83.3 Å². The molecular formula is C21H29N3O3. The molecule has 2 amide bonds. The minimum Gasteiger partial charge on any atom is -0.444 e. The fraction of sp³-hybridized carbons (Fsp3) is 0.667. The molecule has 0 aliphatic heterocycles. The van der Waals surface area contributed by atoms with Crippen molar-refractivity contribution in [1.29, 1.82) is 0 Å². The van der Waals surface area contributed by atoms with Crippen LogP contribution < -0.4 is 10.6 Å². The molecule has 1 aromatic heterocycles. The van der Waals surface area contributed by atoms with Crippen LogP contribution in [0.25, 0.3) is 0 Å². The minimum atomic E-state index is -0.527. The molecule has 146 valence electrons. The molecule has 2 atom stereocenters. The second-order valence-electron chi connectivity index (χ2n) is 9.82. The van der Waals surface area contributed by atoms with Gasteiger partial charge >= 0.3 is 6.09 Å². The summed E-state index contributed by atoms with van der Waals surface area (Å²) in [4.78, 5) is 29.9. The average molecular weight is 371 g/mol. The molecule has 4 saturated carbocycles. The molecule has 1 heterocycles. The zero-order valence-electron chi connectivity index (χ0n) is 16.4. The third-order valence-corrected chi connectivity index (χ3v) is 6.22. The van der Waals surface area contributed by atoms with Crippen molar-refractivity contribution in [3.63, 3.8) is 0 Å². The summed E-state index contributed by atoms with van der Waals surface area (Å²) in [7, 11) is 0. The number of carbonyl (C=O) groups excluding carboxylic acids is 2. The van der Waals surface area contributed by atoms with Crippen molar-refractivity contribution in [1.82, 2.24) is 10.3 Å². The lowest BCUT2D eigenvalue weighted by molar-refractivity contribution is -0.144. The quantitative estimate of drug-likeness (QED) is 0.845. The molecule has 4 bridgehead atoms. The Bertz CT molecular complexity index is 727. The number of alkyl carbamates (subject to hydrolysis) is 1. The molecular weight excluding hydrogens is 342 g/mol. The van der Waals surface area contributed by atoms with Gasteiger partial charge in [-0.1, -0.05) is 6.07 Å². The van der Waals surface area contributed by atoms with Crippen LogP contribution >= 0.6 is 0 Å². The number of hydrogen-bond donors (Lipinski definition) is 2. The summed E-state index contributed by atoms with van der Waals surface area (Å²) in [5, 5.41) is 6.18. The summed E-state index contributed by atoms with van der Waals surface area (Å²) in [6.07, 6.45) is 6.86. The fourth-order valence-corrected chi connectivity index (χ4v) is 5.88. The lowest BCUT2D eigenvalue weighted by Gasteiger charge is -2.61. The Morgan fingerprint density at radius 1 is 1.15 bits per heavy atom. The highest BCUT2D eigenvalue weighted by Crippen LogP contribution is 2.61. The number of nitrogens with zero attached hydrogens (tertiary/aromatic N) is 1. The van der Waals surface area contributed by atoms with Crippen LogP contribution in [0.4, 0.5) is 10.6 Å². The van der Waals surface area contributed by atoms with Gasteiger partial charge in [0.05, 0.1) is 5.41 Å². The zero-order valence-corrected chi connectivity index (χ0v) is 16.4. The largest absolute Gasteiger partial charge is 0.444 e. The van der Waals surface area contributed by atoms with Crippen LogP contribution in [0.5, 0.6) is 0 Å². The first-order valence-corrected chi connectivity index (χ1v) is 9.91. The molecule has 4 aliphatic rings. The fourth-order valence-electron chi connectivity index (χ4n) is 5.88. The Morgan fingerprint density at radius 2 is 1.85 bits per heavy atom. The van der Waals surface area contributed by atoms with Gasteiger partial charge in [-0.3, -0.25) is 4.79 Å². The van der Waals surface area contributed by atoms with Crippen molar-refractivity contribution in [2.75, 3.05) is 5.32 Å². The van der Waals surface area contributed by atoms with E-state index in [9.17, 15) is 9.59 Å². The zero-order chi connectivity index (χ0) is 19.3. The molecule has 5 rings (SSSR count). The Kier molecular flexibility index (Phi) is 4.20. The summed E-state index contributed by atoms with van der Waals surface area (Å²) in [6, 6.07) is 5.51. The van der Waals surface area contributed by atoms with Crippen molar-refractivity contribution in [2.24, 2.45) is 17.3 Å². The number of amides is 2. The summed E-state index contributed by atoms with van der Waals surface area (Å²) < 4.78 is 5.51. The van der Waals surface area contributed by atoms with Crippen molar-refractivity contribution in [3.8, 4) is 0 Å². The highest BCUT2D eigenvalue weighted by atomic mass is 16.6. The molecule has 27 heavy (non-hydrogen) atoms. The van der Waals surface area contributed by atoms with Crippen molar-refractivity contribution in [3.05, 3.63) is 24.4 Å². The van der Waals surface area contributed by atoms with Gasteiger partial charge in [0.2, 0.25) is 5.91 Å². The van der Waals surface area contributed by atoms with E-state index in [1.54, 1.807) is 6.20 Å². The van der Waals surface area contributed by atoms with Gasteiger partial charge < -0.3 is 15.4 Å². The second-order valence-corrected chi connectivity index (χ2v) is 9.82. The summed E-state index contributed by atoms with van der Waals surface area (Å²) in [6.45, 7) is 5.61. The molecule has 4 fully saturated rings. The summed E-state index contributed by atoms with van der Waals surface area (Å²) in [5.74, 6) is 1.60. The van der Waals surface area contributed by atoms with E-state index in [1.165, 1.54) is 0 Å². The predicted molar refractivity (Wildman–Crippen MR) is 102 cm³/mol. The lowest BCUT2D eigenvalue weighted by atomic mass is 9.46. The first-order chi connectivity index (χ1) is 12.7. The van der Waals surface area contributed by atoms with Crippen LogP contribution in [0.2, 0.25) is 0 Å². The smallest absolute Gasteiger partial charge is 0.408 e. The van der Waals surface area contributed by atoms with Gasteiger partial charge in [0.15, 0.2) is 0 Å². The molecule has 1 aromatic rings. The molecule has 0 radical (unpaired) electrons. The van der Waals surface area contributed by atoms with Gasteiger partial charge in [-0.25, -0.2) is 9.78 Å². The van der Waals surface area contributed by atoms with Crippen LogP contribution in [0.1, 0.15) is 59.3 Å². The Balaban J connectivity index is 1.53. The highest BCUT2D eigenvalue weighted by molar-refractivity contribution is 5.95. The number of nitrogens with one attached hydrogen (secondary N) is 2. The third-order valence-electron chi connectivity index (χ3n) is 6.22. The molecule has 6 heteroatoms. The van der Waals surface area contributed by atoms with Crippen LogP contribution in [-0.2, 0) is 9.53 Å². The van der Waals surface area contributed by atoms with Crippen LogP contribution in [0.3, 0.4) is 0 Å². The van der Waals surface area contributed by atoms with Crippen LogP contribution in [-0.4, -0.2) is 28.1 Å². The Morgan fingerprint density at radius 3 is 2.44 bits per heavy atom. The predicted octanol–water partition coefficient (Wildman–Crippen LogP) is 3.88. The number of anilines is 1. The molecule has 2 N–H and O–H groups in total. The van der Waals surface area contributed by atoms with E-state index in [4.69, 9.17) is 4.74 Å². The van der Waals surface area contributed by atoms with E-state index in [0.29, 0.717) is 24.1 Å². The van der Waals surface area contributed by atoms with Crippen molar-refractivity contribution >= 4 is 17.8 Å². The maximum Gasteiger partial charge on any atom is 0.408 e. The maximum absolute atomic E-state index is 13.2. The number of pyridine rings is 1. The number of carbonyl (C=O) groups is 2. The topological polar surface area (TPSA) is 80.3 Å². The molecule has 0 saturated heterocycles. The lowest BCUT2D eigenvalue weighted by Crippen LogP contribution is -2.65. The molecule has 2 unspecified atom stereocenters. The van der Waals surface area contributed by atoms with Crippen LogP contribution in [0, 0.1) is 17.3 Å². The van der Waals surface area contributed by atoms with Gasteiger partial charge in [-0.2, -0.15) is 0 Å². The second kappa shape index (κ2) is 6.21. The standard InChI is InChI=1S/C21H29N3O3/c1-19(2,3)27-18(26)24-21-11-14-8-15(12-21)10-20(9-14,13-21)17(25)23-16-6-4-5-7-22-16/h4-7,14-15H,8-13H2,1-3H3,(H,24,26)(H,22,23,25). The summed E-state index contributed by atoms with van der Waals surface area (Å²) in [5.41, 5.74) is -1.27. The molecule has 6 nitrogen and oxygen atoms in total. The molecule has 0 spiro atoms. The SMILES string of the molecule is CC(C)(C)OC(=O)NC12CC3CC(C1)CC(C(=O)Nc1ccccn1)(C3)C2. The van der Waals surface area contributed by atoms with Gasteiger partial charge in [0.1, 0.15) is 11.4 Å². The molecule has 0 aromatic carbocycles. The summed E-state index contributed by atoms with van der Waals surface area (Å²) >= 11 is 0. The Hall–Kier alpha value is -2.11. The average Bonchev–Trinajstić information content (AvgIpc) is 2.52. The van der Waals surface area contributed by atoms with Crippen LogP contribution in [0.15, 0.2) is 24.4 Å². The van der Waals surface area contributed by atoms with E-state index in [2.05, 4.69) is 15.6 Å². The van der Waals surface area contributed by atoms with E-state index in [1.807, 2.05) is 39.0 Å². The third kappa shape index (κ3) is 3.66. The Labute approximate surface area is 160 Å². The molecule has 4 aliphatic carbocycles. The number of aromatic nitrogens is 1. The number of ether oxygens (including phenoxy) is 1. The first kappa shape index (κ1) is 18.3. The van der Waals surface area contributed by atoms with Crippen molar-refractivity contribution in [2.45, 2.75) is 70.4 Å². The minimum absolute atomic E-state index is 0.0469. The van der Waals surface area contributed by atoms with E-state index in [0.717, 1.165) is 32.1 Å². The number of rotatable bonds is 3. The van der Waals surface area contributed by atoms with E-state index in [-0.39, 0.29) is 17.5 Å². The normalized spacial score (nSPS) is 34.2. The van der Waals surface area contributed by atoms with E-state index < -0.39 is 11.0 Å². The van der Waals surface area contributed by atoms with Gasteiger partial charge in [-0.15, -0.1) is 0 Å². The highest BCUT2D eigenvalue weighted by Gasteiger charge is 2.61. The number of hydrogen-bond acceptors (Lipinski definition) is 4. The van der Waals surface area contributed by atoms with E-state index >= 15 is 0 Å². The van der Waals surface area contributed by atoms with Gasteiger partial charge in [0, 0.05) is 11.7 Å². The first-order valence-electron chi connectivity index (χ1n) is 9.91. The van der Waals surface area contributed by atoms with Crippen molar-refractivity contribution < 1.29 is 14.3 Å². The maximum atomic E-state index is 13.2. The monoisotopic (exact) mass is 371 g/mol.